The van der Waals surface area contributed by atoms with Gasteiger partial charge in [0.15, 0.2) is 11.6 Å². The Morgan fingerprint density at radius 3 is 1.10 bits per heavy atom. The molecule has 63 heavy (non-hydrogen) atoms. The van der Waals surface area contributed by atoms with Crippen molar-refractivity contribution in [2.75, 3.05) is 0 Å². The number of benzene rings is 6. The van der Waals surface area contributed by atoms with E-state index >= 15 is 0 Å². The van der Waals surface area contributed by atoms with Crippen LogP contribution >= 0.6 is 0 Å². The number of nitrogens with zero attached hydrogens (tertiary/aromatic N) is 7. The zero-order valence-corrected chi connectivity index (χ0v) is 32.2. The predicted octanol–water partition coefficient (Wildman–Crippen LogP) is 9.23. The van der Waals surface area contributed by atoms with Crippen LogP contribution in [-0.2, 0) is 0 Å². The third-order valence-electron chi connectivity index (χ3n) is 10.2. The molecule has 0 radical (unpaired) electrons. The largest absolute Gasteiger partial charge is 0.324 e. The van der Waals surface area contributed by atoms with E-state index in [0.717, 1.165) is 16.2 Å². The van der Waals surface area contributed by atoms with Gasteiger partial charge in [0, 0.05) is 102 Å². The summed E-state index contributed by atoms with van der Waals surface area (Å²) in [5.41, 5.74) is 7.12. The molecule has 2 N–H and O–H groups in total. The van der Waals surface area contributed by atoms with Gasteiger partial charge in [0.2, 0.25) is 0 Å². The summed E-state index contributed by atoms with van der Waals surface area (Å²) in [5, 5.41) is 36.4. The first kappa shape index (κ1) is 37.5. The summed E-state index contributed by atoms with van der Waals surface area (Å²) in [5.74, 6) is 19.5. The van der Waals surface area contributed by atoms with Gasteiger partial charge in [0.1, 0.15) is 22.6 Å². The maximum absolute atomic E-state index is 11.2. The lowest BCUT2D eigenvalue weighted by molar-refractivity contribution is -0.385. The fraction of sp³-hybridized carbons (Fsp3) is 0. The minimum Gasteiger partial charge on any atom is -0.324 e. The highest BCUT2D eigenvalue weighted by Gasteiger charge is 2.21. The quantitative estimate of drug-likeness (QED) is 0.0979. The van der Waals surface area contributed by atoms with Crippen LogP contribution in [0.3, 0.4) is 0 Å². The number of rotatable bonds is 3. The lowest BCUT2D eigenvalue weighted by Crippen LogP contribution is -1.87. The zero-order valence-electron chi connectivity index (χ0n) is 32.2. The van der Waals surface area contributed by atoms with Crippen LogP contribution in [0.1, 0.15) is 33.4 Å². The molecule has 15 nitrogen and oxygen atoms in total. The van der Waals surface area contributed by atoms with Crippen molar-refractivity contribution in [3.8, 4) is 58.3 Å². The van der Waals surface area contributed by atoms with Gasteiger partial charge in [0.25, 0.3) is 17.1 Å². The number of non-ortho nitro benzene ring substituents is 3. The SMILES string of the molecule is O=[N+]([O-])c1ccc(C#Cc2ccc3c(c2)-c2nc-3nc3[nH]c(nc4[nH]c(n2)c2cc(C#Cc5ccc([N+](=O)[O-])cc5)ccc42)c2ccc(C#Cc4ccc([N+](=O)[O-])cc4)cc32)cc1. The van der Waals surface area contributed by atoms with Crippen LogP contribution in [0.2, 0.25) is 0 Å². The Morgan fingerprint density at radius 1 is 0.349 bits per heavy atom. The van der Waals surface area contributed by atoms with E-state index in [0.29, 0.717) is 84.1 Å². The Labute approximate surface area is 354 Å². The normalized spacial score (nSPS) is 10.9. The lowest BCUT2D eigenvalue weighted by atomic mass is 10.0. The van der Waals surface area contributed by atoms with E-state index < -0.39 is 14.8 Å². The number of H-pyrrole nitrogens is 2. The van der Waals surface area contributed by atoms with Crippen molar-refractivity contribution in [1.82, 2.24) is 29.9 Å². The summed E-state index contributed by atoms with van der Waals surface area (Å²) in [6.45, 7) is 0. The number of hydrogen-bond acceptors (Lipinski definition) is 10. The number of aromatic nitrogens is 6. The predicted molar refractivity (Wildman–Crippen MR) is 236 cm³/mol. The van der Waals surface area contributed by atoms with Crippen molar-refractivity contribution < 1.29 is 14.8 Å². The van der Waals surface area contributed by atoms with Gasteiger partial charge in [-0.3, -0.25) is 30.3 Å². The average Bonchev–Trinajstić information content (AvgIpc) is 3.94. The highest BCUT2D eigenvalue weighted by molar-refractivity contribution is 6.08. The van der Waals surface area contributed by atoms with Crippen molar-refractivity contribution in [3.05, 3.63) is 191 Å². The molecule has 10 rings (SSSR count). The number of nitro groups is 3. The summed E-state index contributed by atoms with van der Waals surface area (Å²) in [4.78, 5) is 59.0. The number of nitrogens with one attached hydrogen (secondary N) is 2. The summed E-state index contributed by atoms with van der Waals surface area (Å²) in [6, 6.07) is 35.0. The van der Waals surface area contributed by atoms with Crippen LogP contribution in [-0.4, -0.2) is 44.7 Å². The van der Waals surface area contributed by atoms with Gasteiger partial charge in [-0.1, -0.05) is 35.5 Å². The third kappa shape index (κ3) is 7.31. The van der Waals surface area contributed by atoms with Gasteiger partial charge in [-0.05, 0) is 91.0 Å². The molecule has 15 heteroatoms. The van der Waals surface area contributed by atoms with E-state index in [1.807, 2.05) is 54.6 Å². The second kappa shape index (κ2) is 15.1. The third-order valence-corrected chi connectivity index (χ3v) is 10.2. The molecule has 0 saturated heterocycles. The van der Waals surface area contributed by atoms with Crippen LogP contribution < -0.4 is 0 Å². The van der Waals surface area contributed by atoms with E-state index in [2.05, 4.69) is 45.5 Å². The Kier molecular flexibility index (Phi) is 8.99. The Morgan fingerprint density at radius 2 is 0.683 bits per heavy atom. The van der Waals surface area contributed by atoms with Gasteiger partial charge >= 0.3 is 0 Å². The van der Waals surface area contributed by atoms with E-state index in [1.54, 1.807) is 36.4 Å². The van der Waals surface area contributed by atoms with E-state index in [9.17, 15) is 30.3 Å². The fourth-order valence-electron chi connectivity index (χ4n) is 7.04. The molecule has 6 bridgehead atoms. The number of fused-ring (bicyclic) bond motifs is 15. The highest BCUT2D eigenvalue weighted by Crippen LogP contribution is 2.36. The maximum atomic E-state index is 11.2. The first-order valence-corrected chi connectivity index (χ1v) is 19.0. The van der Waals surface area contributed by atoms with Gasteiger partial charge in [-0.2, -0.15) is 0 Å². The second-order valence-corrected chi connectivity index (χ2v) is 14.2. The molecule has 9 aromatic rings. The summed E-state index contributed by atoms with van der Waals surface area (Å²) in [7, 11) is 0. The van der Waals surface area contributed by atoms with E-state index in [1.165, 1.54) is 36.4 Å². The number of nitro benzene ring substituents is 3. The van der Waals surface area contributed by atoms with Crippen LogP contribution in [0.4, 0.5) is 17.1 Å². The monoisotopic (exact) mass is 821 g/mol. The molecule has 0 amide bonds. The van der Waals surface area contributed by atoms with Crippen molar-refractivity contribution in [1.29, 1.82) is 0 Å². The van der Waals surface area contributed by atoms with Crippen LogP contribution in [0.25, 0.3) is 66.9 Å². The number of aromatic amines is 2. The molecule has 296 valence electrons. The molecule has 0 saturated carbocycles. The van der Waals surface area contributed by atoms with Crippen molar-refractivity contribution in [2.24, 2.45) is 0 Å². The molecular weight excluding hydrogens is 799 g/mol. The number of hydrogen-bond donors (Lipinski definition) is 2. The molecule has 1 aliphatic heterocycles. The fourth-order valence-corrected chi connectivity index (χ4v) is 7.04. The smallest absolute Gasteiger partial charge is 0.269 e. The lowest BCUT2D eigenvalue weighted by Gasteiger charge is -2.00. The standard InChI is InChI=1S/C48H23N9O6/c58-55(59)34-16-7-28(8-17-34)1-4-31-13-22-37-40(25-31)46-50-43(37)49-44-38-23-14-32(5-2-29-9-18-35(19-10-29)56(60)61)26-41(38)47(51-44)54-48-42-27-33(15-24-39(42)45(52-46)53-48)6-3-30-11-20-36(21-12-30)57(62)63/h7-27H,(H2,49,50,51,52,53,54). The Balaban J connectivity index is 1.15. The highest BCUT2D eigenvalue weighted by atomic mass is 16.6. The molecule has 4 heterocycles. The van der Waals surface area contributed by atoms with Crippen molar-refractivity contribution >= 4 is 61.2 Å². The minimum absolute atomic E-state index is 0.0208. The van der Waals surface area contributed by atoms with Gasteiger partial charge < -0.3 is 9.97 Å². The summed E-state index contributed by atoms with van der Waals surface area (Å²) in [6.07, 6.45) is 0. The van der Waals surface area contributed by atoms with Crippen LogP contribution in [0.15, 0.2) is 127 Å². The zero-order chi connectivity index (χ0) is 43.2. The van der Waals surface area contributed by atoms with Crippen LogP contribution in [0.5, 0.6) is 0 Å². The van der Waals surface area contributed by atoms with Gasteiger partial charge in [0.05, 0.1) is 14.8 Å². The second-order valence-electron chi connectivity index (χ2n) is 14.2. The molecule has 3 aromatic heterocycles. The molecule has 0 fully saturated rings. The van der Waals surface area contributed by atoms with Crippen molar-refractivity contribution in [2.45, 2.75) is 0 Å². The van der Waals surface area contributed by atoms with E-state index in [-0.39, 0.29) is 17.1 Å². The maximum Gasteiger partial charge on any atom is 0.269 e. The molecule has 1 aliphatic rings. The molecule has 0 spiro atoms. The minimum atomic E-state index is -0.461. The van der Waals surface area contributed by atoms with Crippen molar-refractivity contribution in [3.63, 3.8) is 0 Å². The average molecular weight is 822 g/mol. The molecule has 0 atom stereocenters. The Bertz CT molecular complexity index is 3730. The van der Waals surface area contributed by atoms with Gasteiger partial charge in [-0.25, -0.2) is 19.9 Å². The summed E-state index contributed by atoms with van der Waals surface area (Å²) >= 11 is 0. The van der Waals surface area contributed by atoms with Crippen LogP contribution in [0, 0.1) is 65.9 Å². The van der Waals surface area contributed by atoms with Gasteiger partial charge in [-0.15, -0.1) is 0 Å². The molecule has 6 aromatic carbocycles. The molecule has 0 aliphatic carbocycles. The first-order valence-electron chi connectivity index (χ1n) is 19.0. The summed E-state index contributed by atoms with van der Waals surface area (Å²) < 4.78 is 0. The first-order chi connectivity index (χ1) is 30.6. The topological polar surface area (TPSA) is 213 Å². The van der Waals surface area contributed by atoms with E-state index in [4.69, 9.17) is 19.9 Å². The molecule has 0 unspecified atom stereocenters. The Hall–Kier alpha value is -9.78. The molecular formula is C48H23N9O6.